The summed E-state index contributed by atoms with van der Waals surface area (Å²) in [4.78, 5) is 36.1. The number of esters is 1. The highest BCUT2D eigenvalue weighted by Gasteiger charge is 2.53. The molecule has 1 fully saturated rings. The van der Waals surface area contributed by atoms with Gasteiger partial charge in [-0.2, -0.15) is 8.78 Å². The molecule has 2 aliphatic carbocycles. The molecule has 1 aromatic rings. The number of hydrogen-bond donors (Lipinski definition) is 2. The van der Waals surface area contributed by atoms with E-state index in [1.807, 2.05) is 0 Å². The number of fused-ring (bicyclic) bond motifs is 2. The minimum Gasteiger partial charge on any atom is -0.478 e. The first-order valence-electron chi connectivity index (χ1n) is 8.75. The molecule has 0 heterocycles. The normalized spacial score (nSPS) is 25.3. The van der Waals surface area contributed by atoms with E-state index in [4.69, 9.17) is 5.11 Å². The Balaban J connectivity index is 1.72. The Morgan fingerprint density at radius 1 is 1.17 bits per heavy atom. The molecule has 0 saturated heterocycles. The van der Waals surface area contributed by atoms with Crippen molar-refractivity contribution in [3.8, 4) is 0 Å². The van der Waals surface area contributed by atoms with Gasteiger partial charge in [0, 0.05) is 5.69 Å². The Morgan fingerprint density at radius 2 is 1.83 bits per heavy atom. The molecule has 4 atom stereocenters. The van der Waals surface area contributed by atoms with Gasteiger partial charge in [-0.05, 0) is 36.5 Å². The van der Waals surface area contributed by atoms with Crippen LogP contribution in [0, 0.1) is 23.7 Å². The van der Waals surface area contributed by atoms with Crippen molar-refractivity contribution in [2.24, 2.45) is 23.7 Å². The fraction of sp³-hybridized carbons (Fsp3) is 0.421. The average molecular weight is 415 g/mol. The number of carboxylic acids is 1. The fourth-order valence-electron chi connectivity index (χ4n) is 3.78. The number of anilines is 1. The SMILES string of the molecule is O=C(O)c1cccc(NC(=O)[C@H]2[C@@H](C(=O)OCC(F)(F)C(F)F)[C@@H]3C=C[C@H]2C3)c1. The molecule has 6 nitrogen and oxygen atoms in total. The van der Waals surface area contributed by atoms with E-state index in [0.29, 0.717) is 6.42 Å². The van der Waals surface area contributed by atoms with Crippen LogP contribution in [0.3, 0.4) is 0 Å². The zero-order valence-corrected chi connectivity index (χ0v) is 14.9. The lowest BCUT2D eigenvalue weighted by Gasteiger charge is -2.26. The summed E-state index contributed by atoms with van der Waals surface area (Å²) >= 11 is 0. The summed E-state index contributed by atoms with van der Waals surface area (Å²) in [6, 6.07) is 5.46. The third kappa shape index (κ3) is 4.25. The van der Waals surface area contributed by atoms with Crippen LogP contribution in [0.15, 0.2) is 36.4 Å². The lowest BCUT2D eigenvalue weighted by atomic mass is 9.82. The maximum Gasteiger partial charge on any atom is 0.340 e. The second-order valence-electron chi connectivity index (χ2n) is 7.04. The van der Waals surface area contributed by atoms with Crippen molar-refractivity contribution < 1.29 is 41.8 Å². The number of ether oxygens (including phenoxy) is 1. The van der Waals surface area contributed by atoms with E-state index in [9.17, 15) is 31.9 Å². The fourth-order valence-corrected chi connectivity index (χ4v) is 3.78. The van der Waals surface area contributed by atoms with Gasteiger partial charge in [-0.1, -0.05) is 18.2 Å². The molecule has 0 aromatic heterocycles. The second kappa shape index (κ2) is 7.84. The van der Waals surface area contributed by atoms with Gasteiger partial charge in [-0.3, -0.25) is 9.59 Å². The molecule has 10 heteroatoms. The van der Waals surface area contributed by atoms with Gasteiger partial charge < -0.3 is 15.2 Å². The topological polar surface area (TPSA) is 92.7 Å². The molecule has 1 aromatic carbocycles. The molecule has 3 rings (SSSR count). The Labute approximate surface area is 162 Å². The smallest absolute Gasteiger partial charge is 0.340 e. The van der Waals surface area contributed by atoms with Crippen molar-refractivity contribution in [2.75, 3.05) is 11.9 Å². The standard InChI is InChI=1S/C19H17F4NO5/c20-18(21)19(22,23)8-29-17(28)14-10-5-4-9(6-10)13(14)15(25)24-12-3-1-2-11(7-12)16(26)27/h1-5,7,9-10,13-14,18H,6,8H2,(H,24,25)(H,26,27)/t9-,10+,13+,14-/m0/s1. The quantitative estimate of drug-likeness (QED) is 0.405. The number of hydrogen-bond acceptors (Lipinski definition) is 4. The van der Waals surface area contributed by atoms with Crippen LogP contribution in [0.2, 0.25) is 0 Å². The number of carboxylic acid groups (broad SMARTS) is 1. The van der Waals surface area contributed by atoms with E-state index < -0.39 is 54.6 Å². The molecule has 0 radical (unpaired) electrons. The summed E-state index contributed by atoms with van der Waals surface area (Å²) < 4.78 is 55.1. The van der Waals surface area contributed by atoms with Crippen LogP contribution in [-0.4, -0.2) is 41.9 Å². The summed E-state index contributed by atoms with van der Waals surface area (Å²) in [7, 11) is 0. The molecule has 29 heavy (non-hydrogen) atoms. The number of halogens is 4. The molecular weight excluding hydrogens is 398 g/mol. The molecule has 1 saturated carbocycles. The van der Waals surface area contributed by atoms with Crippen molar-refractivity contribution in [2.45, 2.75) is 18.8 Å². The number of alkyl halides is 4. The average Bonchev–Trinajstić information content (AvgIpc) is 3.27. The van der Waals surface area contributed by atoms with E-state index in [2.05, 4.69) is 10.1 Å². The maximum absolute atomic E-state index is 13.1. The number of allylic oxidation sites excluding steroid dienone is 2. The molecular formula is C19H17F4NO5. The summed E-state index contributed by atoms with van der Waals surface area (Å²) in [6.45, 7) is -1.77. The monoisotopic (exact) mass is 415 g/mol. The van der Waals surface area contributed by atoms with Crippen molar-refractivity contribution in [1.82, 2.24) is 0 Å². The summed E-state index contributed by atoms with van der Waals surface area (Å²) in [5.41, 5.74) is 0.138. The van der Waals surface area contributed by atoms with Gasteiger partial charge in [0.05, 0.1) is 17.4 Å². The van der Waals surface area contributed by atoms with Gasteiger partial charge in [-0.25, -0.2) is 13.6 Å². The molecule has 2 bridgehead atoms. The molecule has 2 N–H and O–H groups in total. The van der Waals surface area contributed by atoms with Gasteiger partial charge in [0.1, 0.15) is 0 Å². The summed E-state index contributed by atoms with van der Waals surface area (Å²) in [5.74, 6) is -10.2. The Bertz CT molecular complexity index is 857. The number of carbonyl (C=O) groups excluding carboxylic acids is 2. The molecule has 0 aliphatic heterocycles. The van der Waals surface area contributed by atoms with Crippen LogP contribution in [0.25, 0.3) is 0 Å². The van der Waals surface area contributed by atoms with Gasteiger partial charge in [0.2, 0.25) is 5.91 Å². The highest BCUT2D eigenvalue weighted by Crippen LogP contribution is 2.49. The van der Waals surface area contributed by atoms with Crippen molar-refractivity contribution in [3.05, 3.63) is 42.0 Å². The number of aromatic carboxylic acids is 1. The number of rotatable bonds is 7. The highest BCUT2D eigenvalue weighted by atomic mass is 19.3. The van der Waals surface area contributed by atoms with Gasteiger partial charge in [0.15, 0.2) is 6.61 Å². The van der Waals surface area contributed by atoms with Crippen LogP contribution in [0.5, 0.6) is 0 Å². The molecule has 156 valence electrons. The Morgan fingerprint density at radius 3 is 2.45 bits per heavy atom. The third-order valence-corrected chi connectivity index (χ3v) is 5.14. The van der Waals surface area contributed by atoms with Gasteiger partial charge in [-0.15, -0.1) is 0 Å². The zero-order chi connectivity index (χ0) is 21.3. The van der Waals surface area contributed by atoms with Crippen LogP contribution >= 0.6 is 0 Å². The lowest BCUT2D eigenvalue weighted by Crippen LogP contribution is -2.40. The number of amides is 1. The van der Waals surface area contributed by atoms with Crippen molar-refractivity contribution in [3.63, 3.8) is 0 Å². The minimum absolute atomic E-state index is 0.0548. The Kier molecular flexibility index (Phi) is 5.63. The molecule has 0 unspecified atom stereocenters. The lowest BCUT2D eigenvalue weighted by molar-refractivity contribution is -0.184. The molecule has 1 amide bonds. The van der Waals surface area contributed by atoms with Crippen molar-refractivity contribution >= 4 is 23.5 Å². The third-order valence-electron chi connectivity index (χ3n) is 5.14. The van der Waals surface area contributed by atoms with E-state index in [0.717, 1.165) is 0 Å². The zero-order valence-electron chi connectivity index (χ0n) is 14.9. The van der Waals surface area contributed by atoms with Crippen LogP contribution < -0.4 is 5.32 Å². The van der Waals surface area contributed by atoms with E-state index in [1.165, 1.54) is 24.3 Å². The van der Waals surface area contributed by atoms with E-state index in [1.54, 1.807) is 12.2 Å². The van der Waals surface area contributed by atoms with Crippen LogP contribution in [-0.2, 0) is 14.3 Å². The predicted molar refractivity (Wildman–Crippen MR) is 91.7 cm³/mol. The first-order chi connectivity index (χ1) is 13.6. The van der Waals surface area contributed by atoms with Gasteiger partial charge in [0.25, 0.3) is 0 Å². The summed E-state index contributed by atoms with van der Waals surface area (Å²) in [5, 5.41) is 11.5. The largest absolute Gasteiger partial charge is 0.478 e. The van der Waals surface area contributed by atoms with E-state index in [-0.39, 0.29) is 17.2 Å². The first-order valence-corrected chi connectivity index (χ1v) is 8.75. The highest BCUT2D eigenvalue weighted by molar-refractivity contribution is 5.98. The minimum atomic E-state index is -4.47. The van der Waals surface area contributed by atoms with E-state index >= 15 is 0 Å². The van der Waals surface area contributed by atoms with Crippen molar-refractivity contribution in [1.29, 1.82) is 0 Å². The first kappa shape index (κ1) is 20.8. The molecule has 0 spiro atoms. The van der Waals surface area contributed by atoms with Gasteiger partial charge >= 0.3 is 24.3 Å². The number of carbonyl (C=O) groups is 3. The number of nitrogens with one attached hydrogen (secondary N) is 1. The molecule has 2 aliphatic rings. The summed E-state index contributed by atoms with van der Waals surface area (Å²) in [6.07, 6.45) is -0.134. The number of benzene rings is 1. The maximum atomic E-state index is 13.1. The second-order valence-corrected chi connectivity index (χ2v) is 7.04. The predicted octanol–water partition coefficient (Wildman–Crippen LogP) is 3.21. The Hall–Kier alpha value is -2.91. The van der Waals surface area contributed by atoms with Crippen LogP contribution in [0.1, 0.15) is 16.8 Å². The van der Waals surface area contributed by atoms with Crippen LogP contribution in [0.4, 0.5) is 23.2 Å².